The largest absolute Gasteiger partial charge is 0.206 e. The lowest BCUT2D eigenvalue weighted by molar-refractivity contribution is 0.496. The summed E-state index contributed by atoms with van der Waals surface area (Å²) in [5.41, 5.74) is 0.394. The molecule has 0 aliphatic carbocycles. The highest BCUT2D eigenvalue weighted by molar-refractivity contribution is 6.30. The average Bonchev–Trinajstić information content (AvgIpc) is 2.23. The van der Waals surface area contributed by atoms with Crippen LogP contribution in [0.5, 0.6) is 0 Å². The van der Waals surface area contributed by atoms with Crippen molar-refractivity contribution in [3.05, 3.63) is 58.9 Å². The summed E-state index contributed by atoms with van der Waals surface area (Å²) >= 11 is 5.73. The summed E-state index contributed by atoms with van der Waals surface area (Å²) in [6.07, 6.45) is 0. The van der Waals surface area contributed by atoms with Crippen LogP contribution in [0.4, 0.5) is 13.2 Å². The zero-order valence-electron chi connectivity index (χ0n) is 7.98. The molecule has 0 atom stereocenters. The van der Waals surface area contributed by atoms with Crippen LogP contribution in [-0.4, -0.2) is 0 Å². The van der Waals surface area contributed by atoms with Crippen LogP contribution in [0.15, 0.2) is 36.4 Å². The van der Waals surface area contributed by atoms with Crippen molar-refractivity contribution in [2.75, 3.05) is 0 Å². The molecule has 2 rings (SSSR count). The summed E-state index contributed by atoms with van der Waals surface area (Å²) < 4.78 is 39.1. The molecule has 0 saturated heterocycles. The van der Waals surface area contributed by atoms with E-state index in [0.29, 0.717) is 16.7 Å². The normalized spacial score (nSPS) is 10.5. The highest BCUT2D eigenvalue weighted by atomic mass is 35.5. The van der Waals surface area contributed by atoms with Crippen molar-refractivity contribution in [3.63, 3.8) is 0 Å². The van der Waals surface area contributed by atoms with Gasteiger partial charge < -0.3 is 0 Å². The Balaban J connectivity index is 2.60. The van der Waals surface area contributed by atoms with Crippen molar-refractivity contribution in [1.82, 2.24) is 0 Å². The Morgan fingerprint density at radius 3 is 2.19 bits per heavy atom. The Kier molecular flexibility index (Phi) is 2.88. The zero-order chi connectivity index (χ0) is 11.7. The number of hydrogen-bond acceptors (Lipinski definition) is 0. The minimum Gasteiger partial charge on any atom is -0.206 e. The predicted molar refractivity (Wildman–Crippen MR) is 56.8 cm³/mol. The van der Waals surface area contributed by atoms with Gasteiger partial charge in [0.15, 0.2) is 11.6 Å². The van der Waals surface area contributed by atoms with Crippen LogP contribution in [0.3, 0.4) is 0 Å². The lowest BCUT2D eigenvalue weighted by atomic mass is 10.1. The van der Waals surface area contributed by atoms with Crippen molar-refractivity contribution in [2.45, 2.75) is 0 Å². The Labute approximate surface area is 95.3 Å². The van der Waals surface area contributed by atoms with Gasteiger partial charge in [0.2, 0.25) is 0 Å². The van der Waals surface area contributed by atoms with Crippen LogP contribution < -0.4 is 0 Å². The monoisotopic (exact) mass is 242 g/mol. The molecular weight excluding hydrogens is 237 g/mol. The van der Waals surface area contributed by atoms with Crippen LogP contribution in [0.2, 0.25) is 5.02 Å². The van der Waals surface area contributed by atoms with E-state index in [4.69, 9.17) is 11.6 Å². The fraction of sp³-hybridized carbons (Fsp3) is 0. The molecule has 16 heavy (non-hydrogen) atoms. The molecule has 0 unspecified atom stereocenters. The molecule has 2 aromatic carbocycles. The van der Waals surface area contributed by atoms with Gasteiger partial charge in [-0.1, -0.05) is 23.7 Å². The molecule has 0 aliphatic rings. The minimum absolute atomic E-state index is 0.0126. The number of halogens is 4. The van der Waals surface area contributed by atoms with E-state index < -0.39 is 17.5 Å². The van der Waals surface area contributed by atoms with E-state index in [2.05, 4.69) is 0 Å². The summed E-state index contributed by atoms with van der Waals surface area (Å²) in [5, 5.41) is 0.404. The topological polar surface area (TPSA) is 0 Å². The second-order valence-corrected chi connectivity index (χ2v) is 3.69. The third-order valence-corrected chi connectivity index (χ3v) is 2.38. The van der Waals surface area contributed by atoms with Gasteiger partial charge in [0, 0.05) is 16.7 Å². The van der Waals surface area contributed by atoms with Gasteiger partial charge in [0.1, 0.15) is 5.82 Å². The Hall–Kier alpha value is -1.48. The van der Waals surface area contributed by atoms with Gasteiger partial charge in [-0.3, -0.25) is 0 Å². The molecule has 0 saturated carbocycles. The van der Waals surface area contributed by atoms with E-state index in [1.165, 1.54) is 6.07 Å². The van der Waals surface area contributed by atoms with E-state index >= 15 is 0 Å². The first kappa shape index (κ1) is 11.0. The smallest absolute Gasteiger partial charge is 0.161 e. The molecule has 0 heterocycles. The lowest BCUT2D eigenvalue weighted by Crippen LogP contribution is -1.91. The number of benzene rings is 2. The molecule has 82 valence electrons. The molecular formula is C12H6ClF3. The fourth-order valence-electron chi connectivity index (χ4n) is 1.40. The van der Waals surface area contributed by atoms with Crippen molar-refractivity contribution in [1.29, 1.82) is 0 Å². The van der Waals surface area contributed by atoms with Crippen molar-refractivity contribution < 1.29 is 13.2 Å². The van der Waals surface area contributed by atoms with Crippen LogP contribution in [0.25, 0.3) is 11.1 Å². The van der Waals surface area contributed by atoms with Crippen LogP contribution >= 0.6 is 11.6 Å². The molecule has 0 spiro atoms. The summed E-state index contributed by atoms with van der Waals surface area (Å²) in [6.45, 7) is 0. The van der Waals surface area contributed by atoms with Crippen LogP contribution in [-0.2, 0) is 0 Å². The van der Waals surface area contributed by atoms with Crippen LogP contribution in [0, 0.1) is 17.5 Å². The summed E-state index contributed by atoms with van der Waals surface area (Å²) in [4.78, 5) is 0. The minimum atomic E-state index is -1.21. The summed E-state index contributed by atoms with van der Waals surface area (Å²) in [5.74, 6) is -3.11. The third kappa shape index (κ3) is 2.04. The molecule has 0 bridgehead atoms. The SMILES string of the molecule is Fc1cc(F)c(-c2cccc(Cl)c2)cc1F. The molecule has 2 aromatic rings. The number of hydrogen-bond donors (Lipinski definition) is 0. The van der Waals surface area contributed by atoms with Crippen molar-refractivity contribution in [3.8, 4) is 11.1 Å². The van der Waals surface area contributed by atoms with Crippen LogP contribution in [0.1, 0.15) is 0 Å². The molecule has 0 radical (unpaired) electrons. The van der Waals surface area contributed by atoms with E-state index in [1.54, 1.807) is 18.2 Å². The van der Waals surface area contributed by atoms with Crippen molar-refractivity contribution in [2.24, 2.45) is 0 Å². The highest BCUT2D eigenvalue weighted by Crippen LogP contribution is 2.27. The molecule has 0 aromatic heterocycles. The quantitative estimate of drug-likeness (QED) is 0.649. The standard InChI is InChI=1S/C12H6ClF3/c13-8-3-1-2-7(4-8)9-5-11(15)12(16)6-10(9)14/h1-6H. The van der Waals surface area contributed by atoms with Gasteiger partial charge in [-0.15, -0.1) is 0 Å². The maximum atomic E-state index is 13.4. The first-order valence-corrected chi connectivity index (χ1v) is 4.86. The Morgan fingerprint density at radius 2 is 1.50 bits per heavy atom. The molecule has 0 fully saturated rings. The summed E-state index contributed by atoms with van der Waals surface area (Å²) in [7, 11) is 0. The molecule has 0 N–H and O–H groups in total. The molecule has 0 nitrogen and oxygen atoms in total. The average molecular weight is 243 g/mol. The Bertz CT molecular complexity index is 538. The van der Waals surface area contributed by atoms with Gasteiger partial charge in [0.05, 0.1) is 0 Å². The van der Waals surface area contributed by atoms with E-state index in [9.17, 15) is 13.2 Å². The van der Waals surface area contributed by atoms with E-state index in [1.807, 2.05) is 0 Å². The highest BCUT2D eigenvalue weighted by Gasteiger charge is 2.11. The van der Waals surface area contributed by atoms with Gasteiger partial charge in [-0.2, -0.15) is 0 Å². The van der Waals surface area contributed by atoms with Gasteiger partial charge in [0.25, 0.3) is 0 Å². The maximum absolute atomic E-state index is 13.4. The first-order chi connectivity index (χ1) is 7.58. The second-order valence-electron chi connectivity index (χ2n) is 3.26. The Morgan fingerprint density at radius 1 is 0.812 bits per heavy atom. The summed E-state index contributed by atoms with van der Waals surface area (Å²) in [6, 6.07) is 7.61. The lowest BCUT2D eigenvalue weighted by Gasteiger charge is -2.04. The predicted octanol–water partition coefficient (Wildman–Crippen LogP) is 4.42. The number of rotatable bonds is 1. The van der Waals surface area contributed by atoms with Gasteiger partial charge in [-0.25, -0.2) is 13.2 Å². The molecule has 4 heteroatoms. The zero-order valence-corrected chi connectivity index (χ0v) is 8.73. The van der Waals surface area contributed by atoms with E-state index in [-0.39, 0.29) is 5.56 Å². The maximum Gasteiger partial charge on any atom is 0.161 e. The van der Waals surface area contributed by atoms with Gasteiger partial charge in [-0.05, 0) is 23.8 Å². The molecule has 0 aliphatic heterocycles. The van der Waals surface area contributed by atoms with Gasteiger partial charge >= 0.3 is 0 Å². The fourth-order valence-corrected chi connectivity index (χ4v) is 1.59. The second kappa shape index (κ2) is 4.18. The first-order valence-electron chi connectivity index (χ1n) is 4.48. The molecule has 0 amide bonds. The third-order valence-electron chi connectivity index (χ3n) is 2.15. The van der Waals surface area contributed by atoms with E-state index in [0.717, 1.165) is 6.07 Å². The van der Waals surface area contributed by atoms with Crippen molar-refractivity contribution >= 4 is 11.6 Å².